The quantitative estimate of drug-likeness (QED) is 0.263. The van der Waals surface area contributed by atoms with E-state index in [2.05, 4.69) is 27.6 Å². The largest absolute Gasteiger partial charge is 0.493 e. The number of aryl methyl sites for hydroxylation is 1. The van der Waals surface area contributed by atoms with E-state index in [-0.39, 0.29) is 17.7 Å². The first-order chi connectivity index (χ1) is 15.9. The molecule has 0 saturated carbocycles. The van der Waals surface area contributed by atoms with Crippen molar-refractivity contribution in [2.45, 2.75) is 20.1 Å². The lowest BCUT2D eigenvalue weighted by atomic mass is 10.1. The molecule has 2 aromatic carbocycles. The number of ether oxygens (including phenoxy) is 2. The lowest BCUT2D eigenvalue weighted by Gasteiger charge is -2.14. The van der Waals surface area contributed by atoms with Crippen LogP contribution in [0, 0.1) is 10.5 Å². The van der Waals surface area contributed by atoms with Gasteiger partial charge in [0.1, 0.15) is 6.61 Å². The number of methoxy groups -OCH3 is 1. The summed E-state index contributed by atoms with van der Waals surface area (Å²) >= 11 is 3.12. The van der Waals surface area contributed by atoms with Gasteiger partial charge >= 0.3 is 0 Å². The number of imide groups is 1. The molecule has 1 fully saturated rings. The molecular weight excluding hydrogens is 551 g/mol. The van der Waals surface area contributed by atoms with Crippen LogP contribution in [0.2, 0.25) is 0 Å². The minimum Gasteiger partial charge on any atom is -0.493 e. The number of carbonyl (C=O) groups excluding carboxylic acids is 2. The van der Waals surface area contributed by atoms with E-state index in [0.717, 1.165) is 37.7 Å². The first-order valence-corrected chi connectivity index (χ1v) is 12.1. The zero-order valence-corrected chi connectivity index (χ0v) is 21.1. The van der Waals surface area contributed by atoms with Crippen molar-refractivity contribution in [3.8, 4) is 11.5 Å². The Balaban J connectivity index is 1.54. The molecule has 33 heavy (non-hydrogen) atoms. The van der Waals surface area contributed by atoms with E-state index in [1.807, 2.05) is 55.5 Å². The Hall–Kier alpha value is -2.85. The van der Waals surface area contributed by atoms with E-state index in [1.165, 1.54) is 4.90 Å². The van der Waals surface area contributed by atoms with Crippen molar-refractivity contribution in [2.75, 3.05) is 7.11 Å². The summed E-state index contributed by atoms with van der Waals surface area (Å²) in [6.45, 7) is 2.55. The van der Waals surface area contributed by atoms with E-state index < -0.39 is 0 Å². The number of aromatic nitrogens is 1. The number of benzene rings is 2. The summed E-state index contributed by atoms with van der Waals surface area (Å²) in [5, 5.41) is -0.273. The molecule has 6 nitrogen and oxygen atoms in total. The van der Waals surface area contributed by atoms with E-state index in [1.54, 1.807) is 25.4 Å². The van der Waals surface area contributed by atoms with Crippen LogP contribution in [0.5, 0.6) is 11.5 Å². The molecular formula is C25H21IN2O4S. The van der Waals surface area contributed by atoms with Crippen molar-refractivity contribution in [1.82, 2.24) is 9.88 Å². The van der Waals surface area contributed by atoms with Crippen LogP contribution in [0.4, 0.5) is 4.79 Å². The second-order valence-electron chi connectivity index (χ2n) is 7.40. The van der Waals surface area contributed by atoms with Crippen LogP contribution in [0.15, 0.2) is 65.7 Å². The summed E-state index contributed by atoms with van der Waals surface area (Å²) in [5.41, 5.74) is 3.57. The topological polar surface area (TPSA) is 68.7 Å². The first kappa shape index (κ1) is 23.3. The lowest BCUT2D eigenvalue weighted by Crippen LogP contribution is -2.27. The van der Waals surface area contributed by atoms with Crippen LogP contribution in [0.25, 0.3) is 6.08 Å². The number of carbonyl (C=O) groups is 2. The standard InChI is InChI=1S/C25H21IN2O4S/c1-16-6-5-7-17(10-16)14-28-24(29)22(33-25(28)30)13-18-11-20(26)23(21(12-18)31-2)32-15-19-8-3-4-9-27-19/h3-13H,14-15H2,1-2H3/b22-13-. The molecule has 2 amide bonds. The van der Waals surface area contributed by atoms with Crippen LogP contribution in [0.1, 0.15) is 22.4 Å². The maximum absolute atomic E-state index is 12.9. The van der Waals surface area contributed by atoms with Crippen LogP contribution in [-0.4, -0.2) is 28.1 Å². The SMILES string of the molecule is COc1cc(/C=C2\SC(=O)N(Cc3cccc(C)c3)C2=O)cc(I)c1OCc1ccccn1. The molecule has 4 rings (SSSR count). The third kappa shape index (κ3) is 5.56. The van der Waals surface area contributed by atoms with Gasteiger partial charge < -0.3 is 9.47 Å². The van der Waals surface area contributed by atoms with Crippen molar-refractivity contribution in [3.05, 3.63) is 91.7 Å². The molecule has 1 aromatic heterocycles. The van der Waals surface area contributed by atoms with Crippen LogP contribution in [0.3, 0.4) is 0 Å². The Labute approximate surface area is 210 Å². The van der Waals surface area contributed by atoms with E-state index in [0.29, 0.717) is 23.0 Å². The van der Waals surface area contributed by atoms with E-state index in [4.69, 9.17) is 9.47 Å². The Bertz CT molecular complexity index is 1230. The number of pyridine rings is 1. The molecule has 0 bridgehead atoms. The highest BCUT2D eigenvalue weighted by molar-refractivity contribution is 14.1. The van der Waals surface area contributed by atoms with Gasteiger partial charge in [0.05, 0.1) is 27.8 Å². The zero-order valence-electron chi connectivity index (χ0n) is 18.1. The van der Waals surface area contributed by atoms with Crippen molar-refractivity contribution < 1.29 is 19.1 Å². The minimum atomic E-state index is -0.295. The van der Waals surface area contributed by atoms with Crippen LogP contribution >= 0.6 is 34.4 Å². The zero-order chi connectivity index (χ0) is 23.4. The molecule has 1 aliphatic heterocycles. The highest BCUT2D eigenvalue weighted by atomic mass is 127. The van der Waals surface area contributed by atoms with Crippen molar-refractivity contribution in [3.63, 3.8) is 0 Å². The molecule has 0 atom stereocenters. The summed E-state index contributed by atoms with van der Waals surface area (Å²) in [6.07, 6.45) is 3.43. The number of hydrogen-bond donors (Lipinski definition) is 0. The first-order valence-electron chi connectivity index (χ1n) is 10.2. The maximum Gasteiger partial charge on any atom is 0.293 e. The van der Waals surface area contributed by atoms with Crippen LogP contribution in [-0.2, 0) is 17.9 Å². The Morgan fingerprint density at radius 3 is 2.70 bits per heavy atom. The van der Waals surface area contributed by atoms with Gasteiger partial charge in [-0.3, -0.25) is 19.5 Å². The highest BCUT2D eigenvalue weighted by Crippen LogP contribution is 2.38. The second-order valence-corrected chi connectivity index (χ2v) is 9.56. The number of thioether (sulfide) groups is 1. The van der Waals surface area contributed by atoms with Gasteiger partial charge in [-0.05, 0) is 82.7 Å². The Morgan fingerprint density at radius 2 is 1.97 bits per heavy atom. The predicted octanol–water partition coefficient (Wildman–Crippen LogP) is 5.82. The van der Waals surface area contributed by atoms with E-state index >= 15 is 0 Å². The fraction of sp³-hybridized carbons (Fsp3) is 0.160. The molecule has 0 aliphatic carbocycles. The average Bonchev–Trinajstić information content (AvgIpc) is 3.06. The number of halogens is 1. The van der Waals surface area contributed by atoms with Gasteiger partial charge in [0.2, 0.25) is 0 Å². The number of hydrogen-bond acceptors (Lipinski definition) is 6. The third-order valence-corrected chi connectivity index (χ3v) is 6.65. The highest BCUT2D eigenvalue weighted by Gasteiger charge is 2.35. The van der Waals surface area contributed by atoms with Gasteiger partial charge in [0, 0.05) is 6.20 Å². The normalized spacial score (nSPS) is 14.8. The molecule has 0 unspecified atom stereocenters. The van der Waals surface area contributed by atoms with Gasteiger partial charge in [-0.25, -0.2) is 0 Å². The van der Waals surface area contributed by atoms with Gasteiger partial charge in [0.15, 0.2) is 11.5 Å². The molecule has 168 valence electrons. The Morgan fingerprint density at radius 1 is 1.12 bits per heavy atom. The van der Waals surface area contributed by atoms with E-state index in [9.17, 15) is 9.59 Å². The summed E-state index contributed by atoms with van der Waals surface area (Å²) in [5.74, 6) is 0.854. The second kappa shape index (κ2) is 10.4. The fourth-order valence-electron chi connectivity index (χ4n) is 3.37. The van der Waals surface area contributed by atoms with Crippen molar-refractivity contribution in [1.29, 1.82) is 0 Å². The molecule has 1 saturated heterocycles. The van der Waals surface area contributed by atoms with Crippen LogP contribution < -0.4 is 9.47 Å². The third-order valence-electron chi connectivity index (χ3n) is 4.94. The molecule has 0 N–H and O–H groups in total. The summed E-state index contributed by atoms with van der Waals surface area (Å²) in [7, 11) is 1.57. The summed E-state index contributed by atoms with van der Waals surface area (Å²) < 4.78 is 12.3. The smallest absolute Gasteiger partial charge is 0.293 e. The van der Waals surface area contributed by atoms with Gasteiger partial charge in [-0.1, -0.05) is 35.9 Å². The monoisotopic (exact) mass is 572 g/mol. The van der Waals surface area contributed by atoms with Crippen molar-refractivity contribution in [2.24, 2.45) is 0 Å². The number of rotatable bonds is 7. The minimum absolute atomic E-state index is 0.255. The Kier molecular flexibility index (Phi) is 7.34. The number of amides is 2. The van der Waals surface area contributed by atoms with Crippen molar-refractivity contribution >= 4 is 51.6 Å². The average molecular weight is 572 g/mol. The summed E-state index contributed by atoms with van der Waals surface area (Å²) in [6, 6.07) is 17.1. The number of nitrogens with zero attached hydrogens (tertiary/aromatic N) is 2. The maximum atomic E-state index is 12.9. The molecule has 8 heteroatoms. The molecule has 3 aromatic rings. The lowest BCUT2D eigenvalue weighted by molar-refractivity contribution is -0.123. The summed E-state index contributed by atoms with van der Waals surface area (Å²) in [4.78, 5) is 31.4. The van der Waals surface area contributed by atoms with Gasteiger partial charge in [0.25, 0.3) is 11.1 Å². The predicted molar refractivity (Wildman–Crippen MR) is 137 cm³/mol. The molecule has 0 radical (unpaired) electrons. The fourth-order valence-corrected chi connectivity index (χ4v) is 4.99. The molecule has 1 aliphatic rings. The van der Waals surface area contributed by atoms with Gasteiger partial charge in [-0.15, -0.1) is 0 Å². The molecule has 2 heterocycles. The molecule has 0 spiro atoms. The van der Waals surface area contributed by atoms with Gasteiger partial charge in [-0.2, -0.15) is 0 Å².